The van der Waals surface area contributed by atoms with Crippen LogP contribution in [0.25, 0.3) is 10.4 Å². The number of nitrogens with one attached hydrogen (secondary N) is 1. The first-order valence-electron chi connectivity index (χ1n) is 10.7. The first-order valence-corrected chi connectivity index (χ1v) is 11.5. The minimum atomic E-state index is 0.0708. The maximum absolute atomic E-state index is 9.29. The van der Waals surface area contributed by atoms with E-state index in [-0.39, 0.29) is 6.04 Å². The van der Waals surface area contributed by atoms with Gasteiger partial charge in [0.05, 0.1) is 16.5 Å². The number of aliphatic imine (C=N–C) groups is 1. The average Bonchev–Trinajstić information content (AvgIpc) is 3.20. The number of piperazine rings is 1. The fraction of sp³-hybridized carbons (Fsp3) is 0.591. The standard InChI is InChI=1S/C19H26N4OS.C3H7NO/c1-6-14-17-16(12(3)24-21-17)18-15(11(2)13(4)25-18)19(20-14)23-9-7-22(5)8-10-23;1-2-4-3-5/h14H,6-10H2,1-5H3;3H,2H2,1H3,(H,4,5). The normalized spacial score (nSPS) is 18.5. The lowest BCUT2D eigenvalue weighted by atomic mass is 10.0. The molecule has 2 aromatic heterocycles. The summed E-state index contributed by atoms with van der Waals surface area (Å²) < 4.78 is 5.57. The van der Waals surface area contributed by atoms with E-state index in [2.05, 4.69) is 48.1 Å². The van der Waals surface area contributed by atoms with Gasteiger partial charge in [0.1, 0.15) is 17.3 Å². The van der Waals surface area contributed by atoms with Crippen LogP contribution in [0.5, 0.6) is 0 Å². The van der Waals surface area contributed by atoms with Crippen molar-refractivity contribution >= 4 is 23.6 Å². The van der Waals surface area contributed by atoms with Gasteiger partial charge in [0, 0.05) is 43.2 Å². The highest BCUT2D eigenvalue weighted by Gasteiger charge is 2.34. The van der Waals surface area contributed by atoms with E-state index < -0.39 is 0 Å². The SMILES string of the molecule is CCC1N=C(N2CCN(C)CC2)c2c(sc(C)c2C)-c2c1noc2C.CCNC=O. The van der Waals surface area contributed by atoms with Gasteiger partial charge in [-0.05, 0) is 46.7 Å². The molecule has 4 rings (SSSR count). The molecule has 1 fully saturated rings. The number of aryl methyl sites for hydroxylation is 2. The highest BCUT2D eigenvalue weighted by molar-refractivity contribution is 7.16. The van der Waals surface area contributed by atoms with Gasteiger partial charge in [-0.2, -0.15) is 0 Å². The minimum Gasteiger partial charge on any atom is -0.361 e. The van der Waals surface area contributed by atoms with Crippen molar-refractivity contribution in [1.82, 2.24) is 20.3 Å². The van der Waals surface area contributed by atoms with Gasteiger partial charge in [-0.25, -0.2) is 0 Å². The number of carbonyl (C=O) groups is 1. The third-order valence-corrected chi connectivity index (χ3v) is 7.02. The predicted molar refractivity (Wildman–Crippen MR) is 122 cm³/mol. The third-order valence-electron chi connectivity index (χ3n) is 5.80. The van der Waals surface area contributed by atoms with Crippen LogP contribution in [0, 0.1) is 20.8 Å². The summed E-state index contributed by atoms with van der Waals surface area (Å²) in [6, 6.07) is 0.0708. The van der Waals surface area contributed by atoms with Crippen LogP contribution in [0.1, 0.15) is 53.8 Å². The zero-order valence-electron chi connectivity index (χ0n) is 18.9. The number of hydrogen-bond acceptors (Lipinski definition) is 7. The largest absolute Gasteiger partial charge is 0.361 e. The van der Waals surface area contributed by atoms with E-state index in [4.69, 9.17) is 9.52 Å². The molecule has 0 radical (unpaired) electrons. The number of thiophene rings is 1. The summed E-state index contributed by atoms with van der Waals surface area (Å²) in [6.07, 6.45) is 1.61. The van der Waals surface area contributed by atoms with Gasteiger partial charge in [-0.1, -0.05) is 12.1 Å². The fourth-order valence-corrected chi connectivity index (χ4v) is 5.12. The lowest BCUT2D eigenvalue weighted by Crippen LogP contribution is -2.47. The molecular formula is C22H33N5O2S. The Morgan fingerprint density at radius 2 is 1.87 bits per heavy atom. The Labute approximate surface area is 183 Å². The number of amidine groups is 1. The van der Waals surface area contributed by atoms with E-state index in [1.54, 1.807) is 0 Å². The summed E-state index contributed by atoms with van der Waals surface area (Å²) in [4.78, 5) is 22.0. The van der Waals surface area contributed by atoms with Gasteiger partial charge in [0.2, 0.25) is 6.41 Å². The van der Waals surface area contributed by atoms with Crippen LogP contribution in [0.2, 0.25) is 0 Å². The molecule has 1 atom stereocenters. The molecule has 4 heterocycles. The topological polar surface area (TPSA) is 74.0 Å². The monoisotopic (exact) mass is 431 g/mol. The van der Waals surface area contributed by atoms with Crippen molar-refractivity contribution in [2.75, 3.05) is 39.8 Å². The van der Waals surface area contributed by atoms with Crippen molar-refractivity contribution < 1.29 is 9.32 Å². The van der Waals surface area contributed by atoms with E-state index in [0.29, 0.717) is 6.41 Å². The Bertz CT molecular complexity index is 909. The Balaban J connectivity index is 0.000000461. The van der Waals surface area contributed by atoms with Crippen molar-refractivity contribution in [3.8, 4) is 10.4 Å². The van der Waals surface area contributed by atoms with Gasteiger partial charge in [0.25, 0.3) is 0 Å². The van der Waals surface area contributed by atoms with Crippen LogP contribution in [0.4, 0.5) is 0 Å². The lowest BCUT2D eigenvalue weighted by Gasteiger charge is -2.35. The summed E-state index contributed by atoms with van der Waals surface area (Å²) in [5.41, 5.74) is 4.83. The lowest BCUT2D eigenvalue weighted by molar-refractivity contribution is -0.109. The first-order chi connectivity index (χ1) is 14.4. The summed E-state index contributed by atoms with van der Waals surface area (Å²) in [6.45, 7) is 15.5. The molecule has 0 bridgehead atoms. The molecule has 30 heavy (non-hydrogen) atoms. The second-order valence-corrected chi connectivity index (χ2v) is 9.05. The van der Waals surface area contributed by atoms with Gasteiger partial charge in [-0.3, -0.25) is 9.79 Å². The highest BCUT2D eigenvalue weighted by Crippen LogP contribution is 2.45. The van der Waals surface area contributed by atoms with Crippen molar-refractivity contribution in [3.05, 3.63) is 27.5 Å². The molecule has 0 saturated carbocycles. The van der Waals surface area contributed by atoms with Crippen LogP contribution in [-0.2, 0) is 4.79 Å². The van der Waals surface area contributed by atoms with Gasteiger partial charge in [-0.15, -0.1) is 11.3 Å². The van der Waals surface area contributed by atoms with E-state index >= 15 is 0 Å². The summed E-state index contributed by atoms with van der Waals surface area (Å²) >= 11 is 1.85. The Kier molecular flexibility index (Phi) is 7.31. The smallest absolute Gasteiger partial charge is 0.207 e. The van der Waals surface area contributed by atoms with Crippen LogP contribution in [0.15, 0.2) is 9.52 Å². The second-order valence-electron chi connectivity index (χ2n) is 7.83. The Morgan fingerprint density at radius 3 is 2.43 bits per heavy atom. The molecule has 2 aromatic rings. The number of nitrogens with zero attached hydrogens (tertiary/aromatic N) is 4. The molecule has 2 aliphatic rings. The second kappa shape index (κ2) is 9.75. The van der Waals surface area contributed by atoms with E-state index in [1.807, 2.05) is 25.2 Å². The first kappa shape index (κ1) is 22.5. The molecule has 1 unspecified atom stereocenters. The van der Waals surface area contributed by atoms with Crippen LogP contribution >= 0.6 is 11.3 Å². The molecule has 7 nitrogen and oxygen atoms in total. The quantitative estimate of drug-likeness (QED) is 0.753. The number of hydrogen-bond donors (Lipinski definition) is 1. The fourth-order valence-electron chi connectivity index (χ4n) is 3.86. The van der Waals surface area contributed by atoms with E-state index in [9.17, 15) is 4.79 Å². The van der Waals surface area contributed by atoms with Gasteiger partial charge in [0.15, 0.2) is 0 Å². The number of aromatic nitrogens is 1. The van der Waals surface area contributed by atoms with Gasteiger partial charge < -0.3 is 19.6 Å². The van der Waals surface area contributed by atoms with Crippen LogP contribution in [-0.4, -0.2) is 67.0 Å². The van der Waals surface area contributed by atoms with Crippen LogP contribution < -0.4 is 5.32 Å². The van der Waals surface area contributed by atoms with Crippen molar-refractivity contribution in [1.29, 1.82) is 0 Å². The molecule has 1 amide bonds. The van der Waals surface area contributed by atoms with Crippen molar-refractivity contribution in [3.63, 3.8) is 0 Å². The molecular weight excluding hydrogens is 398 g/mol. The minimum absolute atomic E-state index is 0.0708. The maximum atomic E-state index is 9.29. The van der Waals surface area contributed by atoms with Crippen molar-refractivity contribution in [2.45, 2.75) is 47.1 Å². The van der Waals surface area contributed by atoms with Crippen molar-refractivity contribution in [2.24, 2.45) is 4.99 Å². The molecule has 0 spiro atoms. The summed E-state index contributed by atoms with van der Waals surface area (Å²) in [7, 11) is 2.19. The Hall–Kier alpha value is -2.19. The summed E-state index contributed by atoms with van der Waals surface area (Å²) in [5, 5.41) is 6.83. The number of amides is 1. The number of carbonyl (C=O) groups excluding carboxylic acids is 1. The molecule has 2 aliphatic heterocycles. The van der Waals surface area contributed by atoms with Gasteiger partial charge >= 0.3 is 0 Å². The average molecular weight is 432 g/mol. The zero-order valence-corrected chi connectivity index (χ0v) is 19.7. The zero-order chi connectivity index (χ0) is 21.8. The number of likely N-dealkylation sites (N-methyl/N-ethyl adjacent to an activating group) is 1. The molecule has 1 N–H and O–H groups in total. The predicted octanol–water partition coefficient (Wildman–Crippen LogP) is 3.54. The highest BCUT2D eigenvalue weighted by atomic mass is 32.1. The Morgan fingerprint density at radius 1 is 1.17 bits per heavy atom. The van der Waals surface area contributed by atoms with Crippen LogP contribution in [0.3, 0.4) is 0 Å². The molecule has 0 aromatic carbocycles. The molecule has 1 saturated heterocycles. The van der Waals surface area contributed by atoms with E-state index in [1.165, 1.54) is 26.4 Å². The maximum Gasteiger partial charge on any atom is 0.207 e. The van der Waals surface area contributed by atoms with E-state index in [0.717, 1.165) is 56.4 Å². The number of rotatable bonds is 3. The third kappa shape index (κ3) is 4.30. The molecule has 8 heteroatoms. The number of fused-ring (bicyclic) bond motifs is 3. The summed E-state index contributed by atoms with van der Waals surface area (Å²) in [5.74, 6) is 2.07. The molecule has 164 valence electrons. The molecule has 0 aliphatic carbocycles.